The van der Waals surface area contributed by atoms with Gasteiger partial charge >= 0.3 is 0 Å². The number of ketones is 1. The van der Waals surface area contributed by atoms with Gasteiger partial charge in [-0.3, -0.25) is 4.79 Å². The van der Waals surface area contributed by atoms with Crippen LogP contribution in [0, 0.1) is 13.8 Å². The molecule has 214 valence electrons. The molecule has 4 aromatic rings. The van der Waals surface area contributed by atoms with Crippen molar-refractivity contribution in [3.05, 3.63) is 130 Å². The van der Waals surface area contributed by atoms with E-state index in [-0.39, 0.29) is 5.78 Å². The van der Waals surface area contributed by atoms with Gasteiger partial charge in [0.1, 0.15) is 11.5 Å². The third-order valence-electron chi connectivity index (χ3n) is 7.70. The van der Waals surface area contributed by atoms with Crippen molar-refractivity contribution in [1.29, 1.82) is 0 Å². The Morgan fingerprint density at radius 2 is 0.762 bits per heavy atom. The summed E-state index contributed by atoms with van der Waals surface area (Å²) in [6.07, 6.45) is 4.19. The maximum atomic E-state index is 14.6. The maximum Gasteiger partial charge on any atom is 0.195 e. The van der Waals surface area contributed by atoms with Crippen LogP contribution in [-0.4, -0.2) is 19.0 Å². The number of ether oxygens (including phenoxy) is 2. The van der Waals surface area contributed by atoms with Crippen molar-refractivity contribution in [2.24, 2.45) is 0 Å². The number of carbonyl (C=O) groups is 1. The number of Topliss-reactive ketones (excluding diaryl/α,β-unsaturated/α-hetero) is 1. The van der Waals surface area contributed by atoms with E-state index in [4.69, 9.17) is 9.47 Å². The summed E-state index contributed by atoms with van der Waals surface area (Å²) >= 11 is 0. The third kappa shape index (κ3) is 6.41. The Balaban J connectivity index is 1.67. The molecule has 0 radical (unpaired) electrons. The molecule has 3 heteroatoms. The van der Waals surface area contributed by atoms with Gasteiger partial charge in [0.25, 0.3) is 0 Å². The SMILES string of the molecule is CCCCOc1ccc(C2=C(c3ccc(C)cc3)C(c3ccc(C)cc3)=C(c3ccc(OCCCC)cc3)C2=O)cc1. The zero-order chi connectivity index (χ0) is 29.5. The van der Waals surface area contributed by atoms with Gasteiger partial charge in [0.15, 0.2) is 5.78 Å². The van der Waals surface area contributed by atoms with Crippen LogP contribution in [0.4, 0.5) is 0 Å². The Kier molecular flexibility index (Phi) is 9.38. The highest BCUT2D eigenvalue weighted by Gasteiger charge is 2.35. The fraction of sp³-hybridized carbons (Fsp3) is 0.256. The van der Waals surface area contributed by atoms with E-state index in [1.54, 1.807) is 0 Å². The van der Waals surface area contributed by atoms with Crippen molar-refractivity contribution < 1.29 is 14.3 Å². The van der Waals surface area contributed by atoms with E-state index in [9.17, 15) is 4.79 Å². The van der Waals surface area contributed by atoms with Gasteiger partial charge in [0.05, 0.1) is 13.2 Å². The van der Waals surface area contributed by atoms with Crippen LogP contribution in [0.1, 0.15) is 72.9 Å². The molecule has 0 unspecified atom stereocenters. The van der Waals surface area contributed by atoms with E-state index in [0.717, 1.165) is 70.6 Å². The summed E-state index contributed by atoms with van der Waals surface area (Å²) < 4.78 is 11.9. The summed E-state index contributed by atoms with van der Waals surface area (Å²) in [6, 6.07) is 32.9. The number of hydrogen-bond donors (Lipinski definition) is 0. The number of rotatable bonds is 12. The molecule has 0 bridgehead atoms. The summed E-state index contributed by atoms with van der Waals surface area (Å²) in [6.45, 7) is 9.85. The number of unbranched alkanes of at least 4 members (excludes halogenated alkanes) is 2. The minimum absolute atomic E-state index is 0.0282. The lowest BCUT2D eigenvalue weighted by atomic mass is 9.88. The number of allylic oxidation sites excluding steroid dienone is 4. The molecule has 0 heterocycles. The largest absolute Gasteiger partial charge is 0.494 e. The van der Waals surface area contributed by atoms with Crippen LogP contribution in [0.3, 0.4) is 0 Å². The second kappa shape index (κ2) is 13.5. The summed E-state index contributed by atoms with van der Waals surface area (Å²) in [5, 5.41) is 0. The van der Waals surface area contributed by atoms with Gasteiger partial charge in [-0.25, -0.2) is 0 Å². The molecule has 0 saturated heterocycles. The Labute approximate surface area is 250 Å². The molecular weight excluding hydrogens is 516 g/mol. The van der Waals surface area contributed by atoms with Gasteiger partial charge in [0.2, 0.25) is 0 Å². The van der Waals surface area contributed by atoms with E-state index in [2.05, 4.69) is 76.2 Å². The molecule has 4 aromatic carbocycles. The molecule has 0 fully saturated rings. The first-order chi connectivity index (χ1) is 20.5. The van der Waals surface area contributed by atoms with Crippen LogP contribution in [0.5, 0.6) is 11.5 Å². The molecule has 1 aliphatic carbocycles. The van der Waals surface area contributed by atoms with Gasteiger partial charge in [-0.15, -0.1) is 0 Å². The topological polar surface area (TPSA) is 35.5 Å². The zero-order valence-corrected chi connectivity index (χ0v) is 25.2. The molecule has 0 N–H and O–H groups in total. The fourth-order valence-corrected chi connectivity index (χ4v) is 5.28. The molecule has 0 atom stereocenters. The molecule has 0 spiro atoms. The number of aryl methyl sites for hydroxylation is 2. The number of carbonyl (C=O) groups excluding carboxylic acids is 1. The summed E-state index contributed by atoms with van der Waals surface area (Å²) in [4.78, 5) is 14.6. The van der Waals surface area contributed by atoms with Crippen molar-refractivity contribution in [1.82, 2.24) is 0 Å². The van der Waals surface area contributed by atoms with Crippen LogP contribution in [-0.2, 0) is 4.79 Å². The molecule has 0 amide bonds. The van der Waals surface area contributed by atoms with Crippen molar-refractivity contribution in [2.75, 3.05) is 13.2 Å². The molecule has 5 rings (SSSR count). The molecule has 0 aromatic heterocycles. The quantitative estimate of drug-likeness (QED) is 0.163. The molecule has 3 nitrogen and oxygen atoms in total. The monoisotopic (exact) mass is 556 g/mol. The standard InChI is InChI=1S/C39H40O3/c1-5-7-25-41-33-21-17-31(18-22-33)37-35(29-13-9-27(3)10-14-29)36(30-15-11-28(4)12-16-30)38(39(37)40)32-19-23-34(24-20-32)42-26-8-6-2/h9-24H,5-8,25-26H2,1-4H3. The van der Waals surface area contributed by atoms with Crippen molar-refractivity contribution in [3.63, 3.8) is 0 Å². The number of hydrogen-bond acceptors (Lipinski definition) is 3. The highest BCUT2D eigenvalue weighted by atomic mass is 16.5. The minimum Gasteiger partial charge on any atom is -0.494 e. The van der Waals surface area contributed by atoms with Crippen LogP contribution in [0.15, 0.2) is 97.1 Å². The smallest absolute Gasteiger partial charge is 0.195 e. The van der Waals surface area contributed by atoms with Crippen LogP contribution in [0.25, 0.3) is 22.3 Å². The minimum atomic E-state index is 0.0282. The molecule has 0 aliphatic heterocycles. The number of benzene rings is 4. The average molecular weight is 557 g/mol. The summed E-state index contributed by atoms with van der Waals surface area (Å²) in [5.74, 6) is 1.67. The van der Waals surface area contributed by atoms with E-state index < -0.39 is 0 Å². The Hall–Kier alpha value is -4.37. The lowest BCUT2D eigenvalue weighted by Crippen LogP contribution is -2.03. The predicted octanol–water partition coefficient (Wildman–Crippen LogP) is 9.77. The average Bonchev–Trinajstić information content (AvgIpc) is 3.31. The van der Waals surface area contributed by atoms with Gasteiger partial charge in [-0.2, -0.15) is 0 Å². The second-order valence-electron chi connectivity index (χ2n) is 11.0. The van der Waals surface area contributed by atoms with Gasteiger partial charge < -0.3 is 9.47 Å². The van der Waals surface area contributed by atoms with Crippen LogP contribution >= 0.6 is 0 Å². The third-order valence-corrected chi connectivity index (χ3v) is 7.70. The van der Waals surface area contributed by atoms with Crippen LogP contribution in [0.2, 0.25) is 0 Å². The Morgan fingerprint density at radius 3 is 1.10 bits per heavy atom. The Morgan fingerprint density at radius 1 is 0.452 bits per heavy atom. The first kappa shape index (κ1) is 29.1. The van der Waals surface area contributed by atoms with Crippen LogP contribution < -0.4 is 9.47 Å². The van der Waals surface area contributed by atoms with Gasteiger partial charge in [-0.1, -0.05) is 111 Å². The predicted molar refractivity (Wildman–Crippen MR) is 175 cm³/mol. The maximum absolute atomic E-state index is 14.6. The first-order valence-electron chi connectivity index (χ1n) is 15.1. The Bertz CT molecular complexity index is 1450. The van der Waals surface area contributed by atoms with E-state index in [1.807, 2.05) is 48.5 Å². The van der Waals surface area contributed by atoms with Crippen molar-refractivity contribution in [2.45, 2.75) is 53.4 Å². The normalized spacial score (nSPS) is 13.2. The lowest BCUT2D eigenvalue weighted by molar-refractivity contribution is -0.108. The summed E-state index contributed by atoms with van der Waals surface area (Å²) in [5.41, 5.74) is 9.53. The second-order valence-corrected chi connectivity index (χ2v) is 11.0. The van der Waals surface area contributed by atoms with Crippen molar-refractivity contribution >= 4 is 28.1 Å². The first-order valence-corrected chi connectivity index (χ1v) is 15.1. The molecule has 1 aliphatic rings. The zero-order valence-electron chi connectivity index (χ0n) is 25.2. The van der Waals surface area contributed by atoms with E-state index in [0.29, 0.717) is 24.4 Å². The fourth-order valence-electron chi connectivity index (χ4n) is 5.28. The van der Waals surface area contributed by atoms with E-state index in [1.165, 1.54) is 11.1 Å². The molecular formula is C39H40O3. The molecule has 42 heavy (non-hydrogen) atoms. The highest BCUT2D eigenvalue weighted by Crippen LogP contribution is 2.50. The molecule has 0 saturated carbocycles. The summed E-state index contributed by atoms with van der Waals surface area (Å²) in [7, 11) is 0. The van der Waals surface area contributed by atoms with Gasteiger partial charge in [0, 0.05) is 22.3 Å². The lowest BCUT2D eigenvalue weighted by Gasteiger charge is -2.14. The van der Waals surface area contributed by atoms with Crippen molar-refractivity contribution in [3.8, 4) is 11.5 Å². The highest BCUT2D eigenvalue weighted by molar-refractivity contribution is 6.59. The van der Waals surface area contributed by atoms with Gasteiger partial charge in [-0.05, 0) is 73.2 Å². The van der Waals surface area contributed by atoms with E-state index >= 15 is 0 Å².